The lowest BCUT2D eigenvalue weighted by Gasteiger charge is -2.03. The number of carbonyl (C=O) groups is 1. The van der Waals surface area contributed by atoms with Crippen LogP contribution < -0.4 is 5.36 Å². The van der Waals surface area contributed by atoms with Crippen molar-refractivity contribution in [3.63, 3.8) is 0 Å². The lowest BCUT2D eigenvalue weighted by Crippen LogP contribution is -2.11. The van der Waals surface area contributed by atoms with Crippen LogP contribution in [0.2, 0.25) is 10.0 Å². The number of hydrogen-bond acceptors (Lipinski definition) is 2. The highest BCUT2D eigenvalue weighted by atomic mass is 35.5. The molecule has 0 atom stereocenters. The second-order valence-electron chi connectivity index (χ2n) is 4.74. The zero-order valence-corrected chi connectivity index (χ0v) is 13.4. The first-order valence-electron chi connectivity index (χ1n) is 6.77. The van der Waals surface area contributed by atoms with Crippen LogP contribution in [0, 0.1) is 0 Å². The number of halogens is 2. The molecular weight excluding hydrogens is 333 g/mol. The van der Waals surface area contributed by atoms with Crippen molar-refractivity contribution < 1.29 is 4.79 Å². The van der Waals surface area contributed by atoms with Crippen molar-refractivity contribution in [2.75, 3.05) is 0 Å². The van der Waals surface area contributed by atoms with E-state index in [1.54, 1.807) is 23.0 Å². The maximum Gasteiger partial charge on any atom is 0.277 e. The maximum absolute atomic E-state index is 12.2. The molecule has 1 amide bonds. The third-order valence-electron chi connectivity index (χ3n) is 3.06. The molecule has 0 fully saturated rings. The van der Waals surface area contributed by atoms with Crippen molar-refractivity contribution in [3.05, 3.63) is 88.0 Å². The van der Waals surface area contributed by atoms with Crippen molar-refractivity contribution in [2.45, 2.75) is 0 Å². The van der Waals surface area contributed by atoms with Gasteiger partial charge in [0.15, 0.2) is 0 Å². The summed E-state index contributed by atoms with van der Waals surface area (Å²) in [5.74, 6) is -0.423. The summed E-state index contributed by atoms with van der Waals surface area (Å²) < 4.78 is 1.69. The Kier molecular flexibility index (Phi) is 4.55. The Hall–Kier alpha value is -2.43. The fraction of sp³-hybridized carbons (Fsp3) is 0. The summed E-state index contributed by atoms with van der Waals surface area (Å²) >= 11 is 11.8. The lowest BCUT2D eigenvalue weighted by molar-refractivity contribution is 0.0998. The van der Waals surface area contributed by atoms with Gasteiger partial charge < -0.3 is 0 Å². The van der Waals surface area contributed by atoms with Gasteiger partial charge in [-0.25, -0.2) is 9.67 Å². The molecule has 0 bridgehead atoms. The standard InChI is InChI=1S/C17H11Cl2N3O/c18-13-8-12(9-14(19)10-13)17(23)21-15-6-7-22(20-11-15)16-4-2-1-3-5-16/h1-11H. The number of para-hydroxylation sites is 1. The average molecular weight is 344 g/mol. The number of carbonyl (C=O) groups excluding carboxylic acids is 1. The van der Waals surface area contributed by atoms with E-state index in [-0.39, 0.29) is 0 Å². The molecule has 1 aromatic heterocycles. The Labute approximate surface area is 142 Å². The second kappa shape index (κ2) is 6.77. The minimum absolute atomic E-state index is 0.335. The summed E-state index contributed by atoms with van der Waals surface area (Å²) in [6.45, 7) is 0. The van der Waals surface area contributed by atoms with Crippen molar-refractivity contribution in [1.82, 2.24) is 9.78 Å². The number of benzene rings is 2. The van der Waals surface area contributed by atoms with Crippen LogP contribution in [0.1, 0.15) is 10.4 Å². The van der Waals surface area contributed by atoms with Gasteiger partial charge in [0.1, 0.15) is 0 Å². The summed E-state index contributed by atoms with van der Waals surface area (Å²) in [6.07, 6.45) is 3.27. The number of nitrogens with zero attached hydrogens (tertiary/aromatic N) is 3. The molecule has 3 aromatic rings. The molecular formula is C17H11Cl2N3O. The summed E-state index contributed by atoms with van der Waals surface area (Å²) in [5.41, 5.74) is 1.26. The average Bonchev–Trinajstić information content (AvgIpc) is 2.55. The summed E-state index contributed by atoms with van der Waals surface area (Å²) in [4.78, 5) is 16.2. The van der Waals surface area contributed by atoms with E-state index in [9.17, 15) is 4.79 Å². The molecule has 2 aromatic carbocycles. The topological polar surface area (TPSA) is 47.2 Å². The molecule has 0 aliphatic carbocycles. The van der Waals surface area contributed by atoms with Crippen LogP contribution >= 0.6 is 23.2 Å². The van der Waals surface area contributed by atoms with Gasteiger partial charge in [0.05, 0.1) is 17.2 Å². The summed E-state index contributed by atoms with van der Waals surface area (Å²) in [6, 6.07) is 16.0. The highest BCUT2D eigenvalue weighted by Crippen LogP contribution is 2.19. The molecule has 6 heteroatoms. The fourth-order valence-electron chi connectivity index (χ4n) is 2.01. The van der Waals surface area contributed by atoms with Crippen LogP contribution in [-0.2, 0) is 0 Å². The molecule has 0 radical (unpaired) electrons. The monoisotopic (exact) mass is 343 g/mol. The molecule has 0 saturated heterocycles. The Morgan fingerprint density at radius 2 is 1.70 bits per heavy atom. The van der Waals surface area contributed by atoms with E-state index in [2.05, 4.69) is 10.1 Å². The Bertz CT molecular complexity index is 880. The molecule has 0 N–H and O–H groups in total. The highest BCUT2D eigenvalue weighted by molar-refractivity contribution is 6.35. The zero-order valence-electron chi connectivity index (χ0n) is 11.9. The van der Waals surface area contributed by atoms with Gasteiger partial charge in [0.25, 0.3) is 5.91 Å². The zero-order chi connectivity index (χ0) is 16.2. The van der Waals surface area contributed by atoms with E-state index in [0.29, 0.717) is 21.0 Å². The third kappa shape index (κ3) is 3.86. The maximum atomic E-state index is 12.2. The first-order valence-corrected chi connectivity index (χ1v) is 7.53. The molecule has 3 rings (SSSR count). The Balaban J connectivity index is 1.89. The SMILES string of the molecule is O=C(N=c1ccn(-c2ccccc2)nc1)c1cc(Cl)cc(Cl)c1. The largest absolute Gasteiger partial charge is 0.277 e. The van der Waals surface area contributed by atoms with E-state index in [0.717, 1.165) is 5.69 Å². The predicted molar refractivity (Wildman–Crippen MR) is 89.9 cm³/mol. The first kappa shape index (κ1) is 15.5. The summed E-state index contributed by atoms with van der Waals surface area (Å²) in [5, 5.41) is 5.49. The number of amides is 1. The van der Waals surface area contributed by atoms with Gasteiger partial charge >= 0.3 is 0 Å². The van der Waals surface area contributed by atoms with Crippen LogP contribution in [0.25, 0.3) is 5.69 Å². The Morgan fingerprint density at radius 1 is 1.00 bits per heavy atom. The van der Waals surface area contributed by atoms with Gasteiger partial charge in [-0.1, -0.05) is 41.4 Å². The van der Waals surface area contributed by atoms with Crippen molar-refractivity contribution in [2.24, 2.45) is 4.99 Å². The van der Waals surface area contributed by atoms with Gasteiger partial charge in [-0.15, -0.1) is 0 Å². The molecule has 114 valence electrons. The van der Waals surface area contributed by atoms with Crippen LogP contribution in [0.5, 0.6) is 0 Å². The van der Waals surface area contributed by atoms with E-state index in [4.69, 9.17) is 23.2 Å². The van der Waals surface area contributed by atoms with Gasteiger partial charge in [0, 0.05) is 21.8 Å². The van der Waals surface area contributed by atoms with E-state index in [1.165, 1.54) is 18.3 Å². The van der Waals surface area contributed by atoms with Crippen molar-refractivity contribution in [3.8, 4) is 5.69 Å². The van der Waals surface area contributed by atoms with Crippen LogP contribution in [0.3, 0.4) is 0 Å². The van der Waals surface area contributed by atoms with E-state index in [1.807, 2.05) is 30.3 Å². The van der Waals surface area contributed by atoms with Crippen LogP contribution in [-0.4, -0.2) is 15.7 Å². The van der Waals surface area contributed by atoms with Crippen LogP contribution in [0.15, 0.2) is 72.0 Å². The normalized spacial score (nSPS) is 11.5. The number of aromatic nitrogens is 2. The predicted octanol–water partition coefficient (Wildman–Crippen LogP) is 3.92. The molecule has 0 unspecified atom stereocenters. The minimum Gasteiger partial charge on any atom is -0.267 e. The molecule has 0 spiro atoms. The Morgan fingerprint density at radius 3 is 2.30 bits per heavy atom. The van der Waals surface area contributed by atoms with Crippen molar-refractivity contribution >= 4 is 29.1 Å². The van der Waals surface area contributed by atoms with E-state index < -0.39 is 5.91 Å². The van der Waals surface area contributed by atoms with Gasteiger partial charge in [-0.3, -0.25) is 4.79 Å². The van der Waals surface area contributed by atoms with Gasteiger partial charge in [-0.05, 0) is 36.4 Å². The number of rotatable bonds is 2. The van der Waals surface area contributed by atoms with Gasteiger partial charge in [-0.2, -0.15) is 5.10 Å². The molecule has 0 aliphatic rings. The van der Waals surface area contributed by atoms with E-state index >= 15 is 0 Å². The lowest BCUT2D eigenvalue weighted by atomic mass is 10.2. The highest BCUT2D eigenvalue weighted by Gasteiger charge is 2.06. The van der Waals surface area contributed by atoms with Gasteiger partial charge in [0.2, 0.25) is 0 Å². The van der Waals surface area contributed by atoms with Crippen LogP contribution in [0.4, 0.5) is 0 Å². The minimum atomic E-state index is -0.423. The fourth-order valence-corrected chi connectivity index (χ4v) is 2.53. The number of hydrogen-bond donors (Lipinski definition) is 0. The quantitative estimate of drug-likeness (QED) is 0.707. The smallest absolute Gasteiger partial charge is 0.267 e. The van der Waals surface area contributed by atoms with Crippen molar-refractivity contribution in [1.29, 1.82) is 0 Å². The first-order chi connectivity index (χ1) is 11.1. The molecule has 23 heavy (non-hydrogen) atoms. The third-order valence-corrected chi connectivity index (χ3v) is 3.50. The molecule has 0 aliphatic heterocycles. The molecule has 0 saturated carbocycles. The second-order valence-corrected chi connectivity index (χ2v) is 5.61. The summed E-state index contributed by atoms with van der Waals surface area (Å²) in [7, 11) is 0. The molecule has 4 nitrogen and oxygen atoms in total. The molecule has 1 heterocycles.